The molecule has 0 heterocycles. The minimum atomic E-state index is -1.23. The predicted molar refractivity (Wildman–Crippen MR) is 207 cm³/mol. The summed E-state index contributed by atoms with van der Waals surface area (Å²) in [4.78, 5) is 40.6. The Bertz CT molecular complexity index is 1990. The molecule has 0 saturated carbocycles. The number of hydrogen-bond donors (Lipinski definition) is 3. The molecule has 52 heavy (non-hydrogen) atoms. The first kappa shape index (κ1) is 36.0. The van der Waals surface area contributed by atoms with Gasteiger partial charge in [-0.25, -0.2) is 9.59 Å². The first-order valence-corrected chi connectivity index (χ1v) is 18.3. The van der Waals surface area contributed by atoms with Crippen molar-refractivity contribution in [2.24, 2.45) is 5.73 Å². The van der Waals surface area contributed by atoms with Gasteiger partial charge in [-0.2, -0.15) is 0 Å². The number of nitrogens with one attached hydrogen (secondary N) is 1. The van der Waals surface area contributed by atoms with Crippen molar-refractivity contribution in [3.05, 3.63) is 167 Å². The molecule has 1 aliphatic rings. The fourth-order valence-electron chi connectivity index (χ4n) is 6.45. The van der Waals surface area contributed by atoms with E-state index in [0.717, 1.165) is 51.2 Å². The van der Waals surface area contributed by atoms with Crippen LogP contribution in [0.3, 0.4) is 0 Å². The SMILES string of the molecule is NC(=O)c1ccc(SC[C@H](NC(=O)OCC2c3ccccc3-c3ccccc32)C(=O)O)c(N(/C=C/Cc2ccccc2)CCCc2ccccc2)c1. The number of carboxylic acids is 1. The van der Waals surface area contributed by atoms with Crippen LogP contribution in [0.4, 0.5) is 10.5 Å². The Hall–Kier alpha value is -5.80. The Morgan fingerprint density at radius 2 is 1.44 bits per heavy atom. The average molecular weight is 712 g/mol. The van der Waals surface area contributed by atoms with Gasteiger partial charge >= 0.3 is 12.1 Å². The normalized spacial score (nSPS) is 12.5. The maximum atomic E-state index is 13.0. The fourth-order valence-corrected chi connectivity index (χ4v) is 7.51. The van der Waals surface area contributed by atoms with Crippen molar-refractivity contribution >= 4 is 35.4 Å². The summed E-state index contributed by atoms with van der Waals surface area (Å²) < 4.78 is 5.65. The van der Waals surface area contributed by atoms with E-state index in [1.807, 2.05) is 79.0 Å². The highest BCUT2D eigenvalue weighted by Crippen LogP contribution is 2.44. The van der Waals surface area contributed by atoms with Crippen LogP contribution in [0.25, 0.3) is 11.1 Å². The van der Waals surface area contributed by atoms with Gasteiger partial charge in [-0.3, -0.25) is 4.79 Å². The van der Waals surface area contributed by atoms with E-state index in [9.17, 15) is 19.5 Å². The lowest BCUT2D eigenvalue weighted by molar-refractivity contribution is -0.138. The van der Waals surface area contributed by atoms with Crippen LogP contribution in [0.5, 0.6) is 0 Å². The molecular formula is C43H41N3O5S. The van der Waals surface area contributed by atoms with Gasteiger partial charge < -0.3 is 25.8 Å². The largest absolute Gasteiger partial charge is 0.480 e. The summed E-state index contributed by atoms with van der Waals surface area (Å²) >= 11 is 1.28. The van der Waals surface area contributed by atoms with Gasteiger partial charge in [0.1, 0.15) is 12.6 Å². The molecule has 2 amide bonds. The van der Waals surface area contributed by atoms with E-state index in [4.69, 9.17) is 10.5 Å². The average Bonchev–Trinajstić information content (AvgIpc) is 3.49. The number of fused-ring (bicyclic) bond motifs is 3. The van der Waals surface area contributed by atoms with Crippen LogP contribution in [0.15, 0.2) is 145 Å². The van der Waals surface area contributed by atoms with E-state index in [1.54, 1.807) is 18.2 Å². The summed E-state index contributed by atoms with van der Waals surface area (Å²) in [5.41, 5.74) is 13.5. The van der Waals surface area contributed by atoms with Crippen molar-refractivity contribution in [3.8, 4) is 11.1 Å². The molecule has 6 rings (SSSR count). The smallest absolute Gasteiger partial charge is 0.407 e. The van der Waals surface area contributed by atoms with Gasteiger partial charge in [0.15, 0.2) is 0 Å². The zero-order chi connectivity index (χ0) is 36.3. The van der Waals surface area contributed by atoms with Gasteiger partial charge in [0.05, 0.1) is 5.69 Å². The van der Waals surface area contributed by atoms with Crippen LogP contribution in [-0.4, -0.2) is 48.0 Å². The number of carboxylic acid groups (broad SMARTS) is 1. The Kier molecular flexibility index (Phi) is 12.1. The molecule has 0 saturated heterocycles. The standard InChI is InChI=1S/C43H41N3O5S/c44-41(47)32-23-24-40(39(27-32)46(25-11-17-30-13-3-1-4-14-30)26-12-18-31-15-5-2-6-16-31)52-29-38(42(48)49)45-43(50)51-28-37-35-21-9-7-19-33(35)34-20-8-10-22-36(34)37/h1-11,13-16,19-25,27,37-38H,12,17-18,26,28-29H2,(H2,44,47)(H,45,50)(H,48,49)/b25-11+/t38-/m0/s1. The number of benzene rings is 5. The zero-order valence-corrected chi connectivity index (χ0v) is 29.5. The number of rotatable bonds is 16. The van der Waals surface area contributed by atoms with E-state index < -0.39 is 24.0 Å². The number of anilines is 1. The van der Waals surface area contributed by atoms with E-state index in [2.05, 4.69) is 52.7 Å². The molecule has 8 nitrogen and oxygen atoms in total. The van der Waals surface area contributed by atoms with Crippen LogP contribution < -0.4 is 16.0 Å². The summed E-state index contributed by atoms with van der Waals surface area (Å²) in [7, 11) is 0. The quantitative estimate of drug-likeness (QED) is 0.0886. The minimum absolute atomic E-state index is 0.0219. The van der Waals surface area contributed by atoms with Gasteiger partial charge in [0, 0.05) is 34.9 Å². The molecule has 0 fully saturated rings. The molecule has 0 aliphatic heterocycles. The third kappa shape index (κ3) is 9.10. The molecule has 0 spiro atoms. The molecular weight excluding hydrogens is 671 g/mol. The summed E-state index contributed by atoms with van der Waals surface area (Å²) in [6.07, 6.45) is 5.66. The zero-order valence-electron chi connectivity index (χ0n) is 28.7. The van der Waals surface area contributed by atoms with Crippen LogP contribution >= 0.6 is 11.8 Å². The molecule has 0 unspecified atom stereocenters. The van der Waals surface area contributed by atoms with Crippen molar-refractivity contribution in [1.82, 2.24) is 5.32 Å². The fraction of sp³-hybridized carbons (Fsp3) is 0.186. The van der Waals surface area contributed by atoms with Crippen LogP contribution in [-0.2, 0) is 22.4 Å². The van der Waals surface area contributed by atoms with E-state index in [0.29, 0.717) is 18.5 Å². The number of carbonyl (C=O) groups is 3. The third-order valence-corrected chi connectivity index (χ3v) is 10.2. The molecule has 0 bridgehead atoms. The highest BCUT2D eigenvalue weighted by atomic mass is 32.2. The monoisotopic (exact) mass is 711 g/mol. The topological polar surface area (TPSA) is 122 Å². The summed E-state index contributed by atoms with van der Waals surface area (Å²) in [6.45, 7) is 0.710. The van der Waals surface area contributed by atoms with E-state index >= 15 is 0 Å². The Balaban J connectivity index is 1.16. The summed E-state index contributed by atoms with van der Waals surface area (Å²) in [5.74, 6) is -1.87. The number of aryl methyl sites for hydroxylation is 1. The molecule has 264 valence electrons. The van der Waals surface area contributed by atoms with E-state index in [1.165, 1.54) is 17.3 Å². The number of allylic oxidation sites excluding steroid dienone is 1. The number of ether oxygens (including phenoxy) is 1. The number of alkyl carbamates (subject to hydrolysis) is 1. The minimum Gasteiger partial charge on any atom is -0.480 e. The number of hydrogen-bond acceptors (Lipinski definition) is 6. The number of thioether (sulfide) groups is 1. The number of amides is 2. The third-order valence-electron chi connectivity index (χ3n) is 9.08. The Morgan fingerprint density at radius 3 is 2.08 bits per heavy atom. The second-order valence-electron chi connectivity index (χ2n) is 12.6. The van der Waals surface area contributed by atoms with Crippen molar-refractivity contribution < 1.29 is 24.2 Å². The molecule has 1 atom stereocenters. The molecule has 4 N–H and O–H groups in total. The number of primary amides is 1. The first-order valence-electron chi connectivity index (χ1n) is 17.3. The van der Waals surface area contributed by atoms with Crippen molar-refractivity contribution in [2.75, 3.05) is 23.8 Å². The second-order valence-corrected chi connectivity index (χ2v) is 13.6. The van der Waals surface area contributed by atoms with Crippen LogP contribution in [0, 0.1) is 0 Å². The molecule has 1 aliphatic carbocycles. The van der Waals surface area contributed by atoms with Gasteiger partial charge in [0.2, 0.25) is 5.91 Å². The van der Waals surface area contributed by atoms with Gasteiger partial charge in [-0.15, -0.1) is 11.8 Å². The maximum Gasteiger partial charge on any atom is 0.407 e. The predicted octanol–water partition coefficient (Wildman–Crippen LogP) is 8.07. The molecule has 5 aromatic rings. The van der Waals surface area contributed by atoms with Crippen molar-refractivity contribution in [2.45, 2.75) is 36.1 Å². The summed E-state index contributed by atoms with van der Waals surface area (Å²) in [5, 5.41) is 12.7. The lowest BCUT2D eigenvalue weighted by Gasteiger charge is -2.25. The number of aliphatic carboxylic acids is 1. The molecule has 0 aromatic heterocycles. The highest BCUT2D eigenvalue weighted by Gasteiger charge is 2.30. The highest BCUT2D eigenvalue weighted by molar-refractivity contribution is 7.99. The van der Waals surface area contributed by atoms with Crippen LogP contribution in [0.1, 0.15) is 45.0 Å². The van der Waals surface area contributed by atoms with Gasteiger partial charge in [0.25, 0.3) is 0 Å². The van der Waals surface area contributed by atoms with Crippen molar-refractivity contribution in [1.29, 1.82) is 0 Å². The van der Waals surface area contributed by atoms with Crippen molar-refractivity contribution in [3.63, 3.8) is 0 Å². The first-order chi connectivity index (χ1) is 25.4. The van der Waals surface area contributed by atoms with Crippen LogP contribution in [0.2, 0.25) is 0 Å². The Morgan fingerprint density at radius 1 is 0.827 bits per heavy atom. The molecule has 9 heteroatoms. The molecule has 5 aromatic carbocycles. The lowest BCUT2D eigenvalue weighted by atomic mass is 9.98. The number of nitrogens with two attached hydrogens (primary N) is 1. The lowest BCUT2D eigenvalue weighted by Crippen LogP contribution is -2.43. The number of carbonyl (C=O) groups excluding carboxylic acids is 2. The second kappa shape index (κ2) is 17.4. The molecule has 0 radical (unpaired) electrons. The Labute approximate surface area is 308 Å². The summed E-state index contributed by atoms with van der Waals surface area (Å²) in [6, 6.07) is 40.3. The maximum absolute atomic E-state index is 13.0. The van der Waals surface area contributed by atoms with Gasteiger partial charge in [-0.05, 0) is 70.8 Å². The number of nitrogens with zero attached hydrogens (tertiary/aromatic N) is 1. The van der Waals surface area contributed by atoms with E-state index in [-0.39, 0.29) is 18.3 Å². The van der Waals surface area contributed by atoms with Gasteiger partial charge in [-0.1, -0.05) is 115 Å².